The first-order valence-corrected chi connectivity index (χ1v) is 7.73. The lowest BCUT2D eigenvalue weighted by atomic mass is 9.97. The van der Waals surface area contributed by atoms with Crippen LogP contribution in [0.25, 0.3) is 0 Å². The monoisotopic (exact) mass is 326 g/mol. The average Bonchev–Trinajstić information content (AvgIpc) is 2.87. The van der Waals surface area contributed by atoms with Crippen molar-refractivity contribution < 1.29 is 4.74 Å². The third-order valence-electron chi connectivity index (χ3n) is 3.97. The topological polar surface area (TPSA) is 38.5 Å². The van der Waals surface area contributed by atoms with E-state index in [9.17, 15) is 0 Å². The van der Waals surface area contributed by atoms with E-state index in [0.717, 1.165) is 30.4 Å². The smallest absolute Gasteiger partial charge is 0.0710 e. The summed E-state index contributed by atoms with van der Waals surface area (Å²) in [6.07, 6.45) is 2.42. The van der Waals surface area contributed by atoms with Gasteiger partial charge in [-0.1, -0.05) is 35.0 Å². The van der Waals surface area contributed by atoms with E-state index < -0.39 is 0 Å². The van der Waals surface area contributed by atoms with Gasteiger partial charge < -0.3 is 10.5 Å². The molecule has 1 aromatic carbocycles. The molecule has 3 nitrogen and oxygen atoms in total. The van der Waals surface area contributed by atoms with Crippen LogP contribution in [0.5, 0.6) is 0 Å². The van der Waals surface area contributed by atoms with Crippen molar-refractivity contribution in [3.63, 3.8) is 0 Å². The summed E-state index contributed by atoms with van der Waals surface area (Å²) < 4.78 is 6.58. The number of nitrogens with two attached hydrogens (primary N) is 1. The molecule has 4 heteroatoms. The van der Waals surface area contributed by atoms with Gasteiger partial charge >= 0.3 is 0 Å². The molecular formula is C15H23BrN2O. The summed E-state index contributed by atoms with van der Waals surface area (Å²) in [5, 5.41) is 0. The van der Waals surface area contributed by atoms with E-state index in [1.165, 1.54) is 5.56 Å². The molecule has 0 radical (unpaired) electrons. The third-order valence-corrected chi connectivity index (χ3v) is 4.46. The van der Waals surface area contributed by atoms with E-state index in [2.05, 4.69) is 52.0 Å². The second-order valence-electron chi connectivity index (χ2n) is 5.21. The largest absolute Gasteiger partial charge is 0.380 e. The molecule has 0 spiro atoms. The zero-order chi connectivity index (χ0) is 13.8. The van der Waals surface area contributed by atoms with E-state index in [1.54, 1.807) is 7.11 Å². The molecule has 1 aromatic rings. The average molecular weight is 327 g/mol. The summed E-state index contributed by atoms with van der Waals surface area (Å²) in [5.74, 6) is 0. The van der Waals surface area contributed by atoms with Crippen LogP contribution in [0.1, 0.15) is 31.4 Å². The highest BCUT2D eigenvalue weighted by Crippen LogP contribution is 2.30. The molecule has 0 aliphatic carbocycles. The van der Waals surface area contributed by atoms with Crippen LogP contribution in [0.3, 0.4) is 0 Å². The van der Waals surface area contributed by atoms with Crippen molar-refractivity contribution >= 4 is 15.9 Å². The van der Waals surface area contributed by atoms with Crippen molar-refractivity contribution in [2.45, 2.75) is 38.0 Å². The summed E-state index contributed by atoms with van der Waals surface area (Å²) in [5.41, 5.74) is 7.66. The molecule has 1 aliphatic rings. The first kappa shape index (κ1) is 15.0. The number of likely N-dealkylation sites (tertiary alicyclic amines) is 1. The highest BCUT2D eigenvalue weighted by molar-refractivity contribution is 9.10. The van der Waals surface area contributed by atoms with Gasteiger partial charge in [0.25, 0.3) is 0 Å². The molecule has 3 atom stereocenters. The fraction of sp³-hybridized carbons (Fsp3) is 0.600. The number of rotatable bonds is 5. The van der Waals surface area contributed by atoms with E-state index in [4.69, 9.17) is 10.5 Å². The lowest BCUT2D eigenvalue weighted by molar-refractivity contribution is 0.0971. The second-order valence-corrected chi connectivity index (χ2v) is 6.13. The van der Waals surface area contributed by atoms with Crippen LogP contribution in [0.4, 0.5) is 0 Å². The standard InChI is InChI=1S/C15H23BrN2O/c1-3-14(17)15(11-5-4-6-12(16)9-11)18-8-7-13(10-18)19-2/h4-6,9,13-15H,3,7-8,10,17H2,1-2H3. The Kier molecular flexibility index (Phi) is 5.39. The van der Waals surface area contributed by atoms with Crippen molar-refractivity contribution in [3.05, 3.63) is 34.3 Å². The fourth-order valence-electron chi connectivity index (χ4n) is 2.84. The van der Waals surface area contributed by atoms with Crippen molar-refractivity contribution in [1.29, 1.82) is 0 Å². The normalized spacial score (nSPS) is 23.5. The maximum absolute atomic E-state index is 6.37. The predicted molar refractivity (Wildman–Crippen MR) is 82.1 cm³/mol. The fourth-order valence-corrected chi connectivity index (χ4v) is 3.26. The summed E-state index contributed by atoms with van der Waals surface area (Å²) in [6.45, 7) is 4.18. The second kappa shape index (κ2) is 6.84. The summed E-state index contributed by atoms with van der Waals surface area (Å²) in [7, 11) is 1.79. The van der Waals surface area contributed by atoms with Crippen LogP contribution < -0.4 is 5.73 Å². The van der Waals surface area contributed by atoms with Gasteiger partial charge in [0.05, 0.1) is 12.1 Å². The van der Waals surface area contributed by atoms with Gasteiger partial charge in [-0.3, -0.25) is 4.90 Å². The Morgan fingerprint density at radius 3 is 2.89 bits per heavy atom. The van der Waals surface area contributed by atoms with Crippen LogP contribution in [0.15, 0.2) is 28.7 Å². The molecule has 2 rings (SSSR count). The van der Waals surface area contributed by atoms with Gasteiger partial charge in [-0.05, 0) is 30.5 Å². The first-order chi connectivity index (χ1) is 9.15. The van der Waals surface area contributed by atoms with Crippen molar-refractivity contribution in [3.8, 4) is 0 Å². The molecule has 1 aliphatic heterocycles. The van der Waals surface area contributed by atoms with Gasteiger partial charge in [0, 0.05) is 30.7 Å². The van der Waals surface area contributed by atoms with Crippen LogP contribution >= 0.6 is 15.9 Å². The molecule has 0 aromatic heterocycles. The number of halogens is 1. The Labute approximate surface area is 124 Å². The van der Waals surface area contributed by atoms with Crippen LogP contribution in [-0.2, 0) is 4.74 Å². The Bertz CT molecular complexity index is 413. The van der Waals surface area contributed by atoms with Gasteiger partial charge in [-0.15, -0.1) is 0 Å². The predicted octanol–water partition coefficient (Wildman–Crippen LogP) is 2.95. The van der Waals surface area contributed by atoms with Crippen LogP contribution in [0, 0.1) is 0 Å². The number of ether oxygens (including phenoxy) is 1. The van der Waals surface area contributed by atoms with Crippen LogP contribution in [0.2, 0.25) is 0 Å². The minimum atomic E-state index is 0.157. The molecule has 1 heterocycles. The molecule has 1 fully saturated rings. The third kappa shape index (κ3) is 3.57. The van der Waals surface area contributed by atoms with E-state index in [0.29, 0.717) is 6.10 Å². The molecule has 3 unspecified atom stereocenters. The highest BCUT2D eigenvalue weighted by Gasteiger charge is 2.32. The zero-order valence-corrected chi connectivity index (χ0v) is 13.3. The summed E-state index contributed by atoms with van der Waals surface area (Å²) >= 11 is 3.55. The van der Waals surface area contributed by atoms with Crippen LogP contribution in [-0.4, -0.2) is 37.2 Å². The molecule has 0 bridgehead atoms. The molecule has 1 saturated heterocycles. The minimum absolute atomic E-state index is 0.157. The van der Waals surface area contributed by atoms with Gasteiger partial charge in [0.15, 0.2) is 0 Å². The lowest BCUT2D eigenvalue weighted by Gasteiger charge is -2.32. The summed E-state index contributed by atoms with van der Waals surface area (Å²) in [4.78, 5) is 2.46. The first-order valence-electron chi connectivity index (χ1n) is 6.93. The Balaban J connectivity index is 2.21. The van der Waals surface area contributed by atoms with Crippen molar-refractivity contribution in [2.24, 2.45) is 5.73 Å². The Morgan fingerprint density at radius 2 is 2.32 bits per heavy atom. The zero-order valence-electron chi connectivity index (χ0n) is 11.7. The van der Waals surface area contributed by atoms with Gasteiger partial charge in [0.2, 0.25) is 0 Å². The Hall–Kier alpha value is -0.420. The van der Waals surface area contributed by atoms with E-state index in [-0.39, 0.29) is 12.1 Å². The molecular weight excluding hydrogens is 304 g/mol. The van der Waals surface area contributed by atoms with E-state index in [1.807, 2.05) is 0 Å². The molecule has 0 saturated carbocycles. The maximum atomic E-state index is 6.37. The van der Waals surface area contributed by atoms with E-state index >= 15 is 0 Å². The van der Waals surface area contributed by atoms with Crippen molar-refractivity contribution in [2.75, 3.05) is 20.2 Å². The van der Waals surface area contributed by atoms with Gasteiger partial charge in [-0.25, -0.2) is 0 Å². The van der Waals surface area contributed by atoms with Gasteiger partial charge in [-0.2, -0.15) is 0 Å². The highest BCUT2D eigenvalue weighted by atomic mass is 79.9. The molecule has 106 valence electrons. The number of nitrogens with zero attached hydrogens (tertiary/aromatic N) is 1. The van der Waals surface area contributed by atoms with Gasteiger partial charge in [0.1, 0.15) is 0 Å². The Morgan fingerprint density at radius 1 is 1.53 bits per heavy atom. The minimum Gasteiger partial charge on any atom is -0.380 e. The molecule has 0 amide bonds. The maximum Gasteiger partial charge on any atom is 0.0710 e. The summed E-state index contributed by atoms with van der Waals surface area (Å²) in [6, 6.07) is 8.93. The molecule has 2 N–H and O–H groups in total. The number of benzene rings is 1. The SMILES string of the molecule is CCC(N)C(c1cccc(Br)c1)N1CCC(OC)C1. The van der Waals surface area contributed by atoms with Crippen molar-refractivity contribution in [1.82, 2.24) is 4.90 Å². The lowest BCUT2D eigenvalue weighted by Crippen LogP contribution is -2.40. The number of hydrogen-bond acceptors (Lipinski definition) is 3. The number of methoxy groups -OCH3 is 1. The molecule has 19 heavy (non-hydrogen) atoms. The quantitative estimate of drug-likeness (QED) is 0.904. The number of hydrogen-bond donors (Lipinski definition) is 1.